The Morgan fingerprint density at radius 2 is 1.20 bits per heavy atom. The third-order valence-corrected chi connectivity index (χ3v) is 0.357. The molecule has 0 fully saturated rings. The molecule has 0 saturated carbocycles. The molecule has 0 amide bonds. The number of hydrogen-bond donors (Lipinski definition) is 4. The quantitative estimate of drug-likeness (QED) is 0.276. The van der Waals surface area contributed by atoms with Crippen LogP contribution < -0.4 is 0 Å². The Bertz CT molecular complexity index is 203. The summed E-state index contributed by atoms with van der Waals surface area (Å²) in [6.45, 7) is 1.20. The molecular weight excluding hydrogens is 292 g/mol. The van der Waals surface area contributed by atoms with Crippen molar-refractivity contribution < 1.29 is 43.5 Å². The molecule has 8 N–H and O–H groups in total. The minimum atomic E-state index is -4.67. The number of rotatable bonds is 1. The van der Waals surface area contributed by atoms with E-state index >= 15 is 0 Å². The topological polar surface area (TPSA) is 195 Å². The molecule has 1 unspecified atom stereocenters. The van der Waals surface area contributed by atoms with Gasteiger partial charge in [0.05, 0.1) is 0 Å². The van der Waals surface area contributed by atoms with E-state index in [-0.39, 0.29) is 86.4 Å². The normalized spacial score (nSPS) is 9.33. The zero-order chi connectivity index (χ0) is 9.65. The zero-order valence-electron chi connectivity index (χ0n) is 6.50. The van der Waals surface area contributed by atoms with Gasteiger partial charge in [-0.2, -0.15) is 8.42 Å². The van der Waals surface area contributed by atoms with Crippen LogP contribution in [0.15, 0.2) is 0 Å². The number of aliphatic hydroxyl groups excluding tert-OH is 1. The Balaban J connectivity index is -0.0000000215. The fourth-order valence-electron chi connectivity index (χ4n) is 0. The molecule has 0 aromatic heterocycles. The van der Waals surface area contributed by atoms with E-state index in [4.69, 9.17) is 27.7 Å². The van der Waals surface area contributed by atoms with Crippen LogP contribution in [0.4, 0.5) is 0 Å². The van der Waals surface area contributed by atoms with Crippen molar-refractivity contribution in [3.05, 3.63) is 0 Å². The van der Waals surface area contributed by atoms with Gasteiger partial charge in [0.15, 0.2) is 0 Å². The van der Waals surface area contributed by atoms with Crippen LogP contribution in [0.1, 0.15) is 6.92 Å². The van der Waals surface area contributed by atoms with Crippen LogP contribution >= 0.6 is 0 Å². The summed E-state index contributed by atoms with van der Waals surface area (Å²) in [5.74, 6) is -1.19. The summed E-state index contributed by atoms with van der Waals surface area (Å²) in [6, 6.07) is 0. The summed E-state index contributed by atoms with van der Waals surface area (Å²) >= 11 is 0. The number of aliphatic hydroxyl groups is 1. The third kappa shape index (κ3) is 90.2. The number of carboxylic acid groups (broad SMARTS) is 1. The monoisotopic (exact) mass is 308 g/mol. The van der Waals surface area contributed by atoms with Crippen LogP contribution in [0.25, 0.3) is 0 Å². The molecule has 0 rings (SSSR count). The maximum atomic E-state index is 9.45. The molecule has 0 spiro atoms. The van der Waals surface area contributed by atoms with Gasteiger partial charge in [0.1, 0.15) is 6.10 Å². The first-order chi connectivity index (χ1) is 4.64. The first kappa shape index (κ1) is 36.0. The van der Waals surface area contributed by atoms with E-state index in [0.717, 1.165) is 0 Å². The van der Waals surface area contributed by atoms with Crippen molar-refractivity contribution in [3.8, 4) is 0 Å². The Labute approximate surface area is 146 Å². The van der Waals surface area contributed by atoms with Crippen molar-refractivity contribution in [3.63, 3.8) is 0 Å². The van der Waals surface area contributed by atoms with Gasteiger partial charge in [-0.05, 0) is 6.92 Å². The third-order valence-electron chi connectivity index (χ3n) is 0.357. The van der Waals surface area contributed by atoms with Gasteiger partial charge < -0.3 is 21.2 Å². The van der Waals surface area contributed by atoms with Crippen LogP contribution in [0.3, 0.4) is 0 Å². The summed E-state index contributed by atoms with van der Waals surface area (Å²) < 4.78 is 31.6. The number of carbonyl (C=O) groups is 1. The summed E-state index contributed by atoms with van der Waals surface area (Å²) in [6.07, 6.45) is -1.23. The molecular formula is C3H16Ca2O9S. The van der Waals surface area contributed by atoms with Crippen molar-refractivity contribution in [2.45, 2.75) is 13.0 Å². The first-order valence-corrected chi connectivity index (χ1v) is 3.65. The second-order valence-corrected chi connectivity index (χ2v) is 2.36. The van der Waals surface area contributed by atoms with E-state index in [0.29, 0.717) is 0 Å². The van der Waals surface area contributed by atoms with Crippen molar-refractivity contribution >= 4 is 91.8 Å². The summed E-state index contributed by atoms with van der Waals surface area (Å²) in [5, 5.41) is 15.8. The minimum absolute atomic E-state index is 0. The van der Waals surface area contributed by atoms with Gasteiger partial charge >= 0.3 is 91.8 Å². The Morgan fingerprint density at radius 3 is 1.20 bits per heavy atom. The van der Waals surface area contributed by atoms with Crippen LogP contribution in [-0.2, 0) is 15.2 Å². The van der Waals surface area contributed by atoms with E-state index in [2.05, 4.69) is 0 Å². The van der Waals surface area contributed by atoms with E-state index < -0.39 is 22.5 Å². The second kappa shape index (κ2) is 18.1. The first-order valence-electron chi connectivity index (χ1n) is 2.25. The molecule has 1 atom stereocenters. The van der Waals surface area contributed by atoms with Crippen molar-refractivity contribution in [2.24, 2.45) is 0 Å². The molecule has 0 bridgehead atoms. The molecule has 0 radical (unpaired) electrons. The van der Waals surface area contributed by atoms with Gasteiger partial charge in [0, 0.05) is 0 Å². The van der Waals surface area contributed by atoms with Gasteiger partial charge in [-0.3, -0.25) is 9.11 Å². The predicted molar refractivity (Wildman–Crippen MR) is 57.8 cm³/mol. The Morgan fingerprint density at radius 1 is 1.13 bits per heavy atom. The van der Waals surface area contributed by atoms with Crippen LogP contribution in [0, 0.1) is 0 Å². The summed E-state index contributed by atoms with van der Waals surface area (Å²) in [7, 11) is -4.67. The molecule has 0 aliphatic rings. The van der Waals surface area contributed by atoms with Gasteiger partial charge in [-0.1, -0.05) is 0 Å². The molecule has 15 heavy (non-hydrogen) atoms. The molecule has 12 heteroatoms. The zero-order valence-corrected chi connectivity index (χ0v) is 7.32. The molecule has 0 aliphatic heterocycles. The van der Waals surface area contributed by atoms with E-state index in [1.807, 2.05) is 0 Å². The van der Waals surface area contributed by atoms with Gasteiger partial charge in [-0.15, -0.1) is 0 Å². The van der Waals surface area contributed by atoms with E-state index in [9.17, 15) is 4.79 Å². The Hall–Kier alpha value is 1.74. The molecule has 0 aromatic carbocycles. The van der Waals surface area contributed by atoms with E-state index in [1.165, 1.54) is 6.92 Å². The molecule has 0 aliphatic carbocycles. The second-order valence-electron chi connectivity index (χ2n) is 1.46. The fraction of sp³-hybridized carbons (Fsp3) is 0.667. The molecule has 92 valence electrons. The van der Waals surface area contributed by atoms with Gasteiger partial charge in [-0.25, -0.2) is 4.79 Å². The van der Waals surface area contributed by atoms with Crippen LogP contribution in [0.5, 0.6) is 0 Å². The maximum absolute atomic E-state index is 9.45. The Kier molecular flexibility index (Phi) is 43.4. The van der Waals surface area contributed by atoms with Gasteiger partial charge in [0.2, 0.25) is 0 Å². The number of aliphatic carboxylic acids is 1. The molecule has 9 nitrogen and oxygen atoms in total. The van der Waals surface area contributed by atoms with Crippen molar-refractivity contribution in [1.29, 1.82) is 0 Å². The average molecular weight is 308 g/mol. The standard InChI is InChI=1S/C3H6O3.2Ca.H2O4S.2H2O.4H/c1-2(4)3(5)6;;;1-5(2,3)4;;;;;;/h2,4H,1H3,(H,5,6);;;(H2,1,2,3,4);2*1H2;;;;. The molecule has 0 heterocycles. The van der Waals surface area contributed by atoms with E-state index in [1.54, 1.807) is 0 Å². The fourth-order valence-corrected chi connectivity index (χ4v) is 0. The van der Waals surface area contributed by atoms with Crippen molar-refractivity contribution in [1.82, 2.24) is 0 Å². The molecule has 0 aromatic rings. The van der Waals surface area contributed by atoms with Gasteiger partial charge in [0.25, 0.3) is 0 Å². The summed E-state index contributed by atoms with van der Waals surface area (Å²) in [5.41, 5.74) is 0. The van der Waals surface area contributed by atoms with Crippen molar-refractivity contribution in [2.75, 3.05) is 0 Å². The SMILES string of the molecule is CC(O)C(=O)O.O.O.O=S(=O)(O)O.[CaH2].[CaH2]. The molecule has 0 saturated heterocycles. The van der Waals surface area contributed by atoms with Crippen LogP contribution in [-0.4, -0.2) is 126 Å². The average Bonchev–Trinajstić information content (AvgIpc) is 1.59. The predicted octanol–water partition coefficient (Wildman–Crippen LogP) is -4.68. The number of hydrogen-bond acceptors (Lipinski definition) is 4. The van der Waals surface area contributed by atoms with Crippen LogP contribution in [0.2, 0.25) is 0 Å². The number of carboxylic acids is 1. The summed E-state index contributed by atoms with van der Waals surface area (Å²) in [4.78, 5) is 9.45.